The lowest BCUT2D eigenvalue weighted by Crippen LogP contribution is -2.60. The van der Waals surface area contributed by atoms with Crippen LogP contribution >= 0.6 is 0 Å². The quantitative estimate of drug-likeness (QED) is 0.0630. The number of carbonyl (C=O) groups is 1. The second kappa shape index (κ2) is 26.4. The summed E-state index contributed by atoms with van der Waals surface area (Å²) in [5.74, 6) is -0.210. The summed E-state index contributed by atoms with van der Waals surface area (Å²) in [6.45, 7) is 3.55. The summed E-state index contributed by atoms with van der Waals surface area (Å²) >= 11 is 0. The van der Waals surface area contributed by atoms with Gasteiger partial charge in [-0.2, -0.15) is 0 Å². The maximum atomic E-state index is 12.8. The molecule has 0 spiro atoms. The standard InChI is InChI=1S/C35H61NO8/c1-3-5-7-9-11-13-15-16-18-20-22-24-29(38)28(27-43-35-34(42)33(41)32(40)30(26-37)44-35)36-31(39)25-23-21-19-17-14-12-10-8-6-4-2/h7-10,15-16,22,24,28-30,32-35,37-38,40-42H,3-6,11-14,17-21,23,25-27H2,1-2H3,(H,36,39)/b9-7+,10-8-,16-15+,24-22+. The summed E-state index contributed by atoms with van der Waals surface area (Å²) in [5.41, 5.74) is 0. The Bertz CT molecular complexity index is 828. The number of allylic oxidation sites excluding steroid dienone is 7. The van der Waals surface area contributed by atoms with Crippen molar-refractivity contribution in [2.45, 2.75) is 153 Å². The number of ether oxygens (including phenoxy) is 2. The van der Waals surface area contributed by atoms with E-state index in [1.807, 2.05) is 6.08 Å². The topological polar surface area (TPSA) is 149 Å². The molecule has 1 heterocycles. The molecule has 1 aliphatic heterocycles. The normalized spacial score (nSPS) is 24.2. The van der Waals surface area contributed by atoms with E-state index in [1.165, 1.54) is 6.42 Å². The smallest absolute Gasteiger partial charge is 0.220 e. The Morgan fingerprint density at radius 3 is 1.91 bits per heavy atom. The molecule has 9 heteroatoms. The molecule has 1 aliphatic rings. The highest BCUT2D eigenvalue weighted by atomic mass is 16.7. The molecule has 254 valence electrons. The van der Waals surface area contributed by atoms with Gasteiger partial charge in [-0.15, -0.1) is 0 Å². The minimum atomic E-state index is -1.57. The largest absolute Gasteiger partial charge is 0.394 e. The molecular weight excluding hydrogens is 562 g/mol. The summed E-state index contributed by atoms with van der Waals surface area (Å²) in [4.78, 5) is 12.8. The van der Waals surface area contributed by atoms with Crippen molar-refractivity contribution in [2.75, 3.05) is 13.2 Å². The van der Waals surface area contributed by atoms with Gasteiger partial charge in [0.1, 0.15) is 24.4 Å². The van der Waals surface area contributed by atoms with Crippen LogP contribution in [0, 0.1) is 0 Å². The third-order valence-electron chi connectivity index (χ3n) is 7.57. The van der Waals surface area contributed by atoms with E-state index in [0.29, 0.717) is 6.42 Å². The fraction of sp³-hybridized carbons (Fsp3) is 0.743. The van der Waals surface area contributed by atoms with Crippen LogP contribution in [0.4, 0.5) is 0 Å². The molecule has 0 aromatic rings. The van der Waals surface area contributed by atoms with Gasteiger partial charge >= 0.3 is 0 Å². The number of carbonyl (C=O) groups excluding carboxylic acids is 1. The van der Waals surface area contributed by atoms with Gasteiger partial charge in [0.25, 0.3) is 0 Å². The average Bonchev–Trinajstić information content (AvgIpc) is 3.02. The summed E-state index contributed by atoms with van der Waals surface area (Å²) in [6, 6.07) is -0.827. The van der Waals surface area contributed by atoms with Crippen molar-refractivity contribution >= 4 is 5.91 Å². The molecule has 0 aliphatic carbocycles. The van der Waals surface area contributed by atoms with Crippen LogP contribution in [0.25, 0.3) is 0 Å². The van der Waals surface area contributed by atoms with E-state index < -0.39 is 49.5 Å². The first-order valence-electron chi connectivity index (χ1n) is 16.9. The van der Waals surface area contributed by atoms with Crippen molar-refractivity contribution in [3.63, 3.8) is 0 Å². The number of amides is 1. The lowest BCUT2D eigenvalue weighted by molar-refractivity contribution is -0.302. The predicted octanol–water partition coefficient (Wildman–Crippen LogP) is 4.76. The van der Waals surface area contributed by atoms with Crippen LogP contribution in [-0.2, 0) is 14.3 Å². The Labute approximate surface area is 265 Å². The summed E-state index contributed by atoms with van der Waals surface area (Å²) in [7, 11) is 0. The highest BCUT2D eigenvalue weighted by Crippen LogP contribution is 2.22. The molecule has 1 fully saturated rings. The maximum absolute atomic E-state index is 12.8. The van der Waals surface area contributed by atoms with E-state index in [-0.39, 0.29) is 12.5 Å². The number of aliphatic hydroxyl groups is 5. The molecule has 0 radical (unpaired) electrons. The van der Waals surface area contributed by atoms with Gasteiger partial charge in [0.2, 0.25) is 5.91 Å². The molecule has 1 saturated heterocycles. The molecule has 6 N–H and O–H groups in total. The monoisotopic (exact) mass is 623 g/mol. The Morgan fingerprint density at radius 1 is 0.750 bits per heavy atom. The van der Waals surface area contributed by atoms with Gasteiger partial charge in [-0.25, -0.2) is 0 Å². The highest BCUT2D eigenvalue weighted by Gasteiger charge is 2.44. The highest BCUT2D eigenvalue weighted by molar-refractivity contribution is 5.76. The summed E-state index contributed by atoms with van der Waals surface area (Å²) < 4.78 is 11.1. The first-order chi connectivity index (χ1) is 21.3. The van der Waals surface area contributed by atoms with Gasteiger partial charge in [0.05, 0.1) is 25.4 Å². The number of rotatable bonds is 25. The van der Waals surface area contributed by atoms with Crippen molar-refractivity contribution in [3.05, 3.63) is 48.6 Å². The summed E-state index contributed by atoms with van der Waals surface area (Å²) in [5, 5.41) is 53.6. The molecule has 0 aromatic carbocycles. The third kappa shape index (κ3) is 18.2. The minimum Gasteiger partial charge on any atom is -0.394 e. The fourth-order valence-corrected chi connectivity index (χ4v) is 4.78. The molecule has 1 amide bonds. The molecule has 0 saturated carbocycles. The van der Waals surface area contributed by atoms with E-state index in [9.17, 15) is 30.3 Å². The number of nitrogens with one attached hydrogen (secondary N) is 1. The molecule has 9 nitrogen and oxygen atoms in total. The molecule has 1 rings (SSSR count). The van der Waals surface area contributed by atoms with Gasteiger partial charge in [0.15, 0.2) is 6.29 Å². The lowest BCUT2D eigenvalue weighted by atomic mass is 9.99. The van der Waals surface area contributed by atoms with Crippen molar-refractivity contribution in [3.8, 4) is 0 Å². The van der Waals surface area contributed by atoms with Crippen LogP contribution in [0.3, 0.4) is 0 Å². The Balaban J connectivity index is 2.58. The zero-order valence-corrected chi connectivity index (χ0v) is 27.1. The molecule has 7 atom stereocenters. The zero-order valence-electron chi connectivity index (χ0n) is 27.1. The van der Waals surface area contributed by atoms with Crippen LogP contribution in [0.15, 0.2) is 48.6 Å². The summed E-state index contributed by atoms with van der Waals surface area (Å²) in [6.07, 6.45) is 23.1. The van der Waals surface area contributed by atoms with Crippen LogP contribution < -0.4 is 5.32 Å². The molecule has 7 unspecified atom stereocenters. The maximum Gasteiger partial charge on any atom is 0.220 e. The predicted molar refractivity (Wildman–Crippen MR) is 175 cm³/mol. The Morgan fingerprint density at radius 2 is 1.30 bits per heavy atom. The van der Waals surface area contributed by atoms with Crippen molar-refractivity contribution in [2.24, 2.45) is 0 Å². The van der Waals surface area contributed by atoms with Gasteiger partial charge in [-0.05, 0) is 57.8 Å². The molecular formula is C35H61NO8. The minimum absolute atomic E-state index is 0.210. The first-order valence-corrected chi connectivity index (χ1v) is 16.9. The number of aliphatic hydroxyl groups excluding tert-OH is 5. The van der Waals surface area contributed by atoms with Crippen molar-refractivity contribution in [1.82, 2.24) is 5.32 Å². The van der Waals surface area contributed by atoms with E-state index in [4.69, 9.17) is 9.47 Å². The van der Waals surface area contributed by atoms with Crippen molar-refractivity contribution in [1.29, 1.82) is 0 Å². The SMILES string of the molecule is CCC/C=C\CCCCCCCC(=O)NC(COC1OC(CO)C(O)C(O)C1O)C(O)/C=C/CC/C=C/CC/C=C/CCC. The zero-order chi connectivity index (χ0) is 32.4. The Kier molecular flexibility index (Phi) is 24.1. The third-order valence-corrected chi connectivity index (χ3v) is 7.57. The number of hydrogen-bond donors (Lipinski definition) is 6. The van der Waals surface area contributed by atoms with Gasteiger partial charge in [-0.1, -0.05) is 94.6 Å². The molecule has 44 heavy (non-hydrogen) atoms. The van der Waals surface area contributed by atoms with E-state index in [1.54, 1.807) is 6.08 Å². The van der Waals surface area contributed by atoms with Gasteiger partial charge in [0, 0.05) is 6.42 Å². The number of hydrogen-bond acceptors (Lipinski definition) is 8. The van der Waals surface area contributed by atoms with E-state index in [0.717, 1.165) is 83.5 Å². The van der Waals surface area contributed by atoms with Crippen LogP contribution in [0.1, 0.15) is 110 Å². The van der Waals surface area contributed by atoms with Crippen molar-refractivity contribution < 1.29 is 39.8 Å². The van der Waals surface area contributed by atoms with E-state index in [2.05, 4.69) is 55.6 Å². The first kappa shape index (κ1) is 40.2. The second-order valence-corrected chi connectivity index (χ2v) is 11.6. The number of unbranched alkanes of at least 4 members (excludes halogenated alkanes) is 9. The Hall–Kier alpha value is -1.85. The second-order valence-electron chi connectivity index (χ2n) is 11.6. The van der Waals surface area contributed by atoms with Gasteiger partial charge in [-0.3, -0.25) is 4.79 Å². The van der Waals surface area contributed by atoms with E-state index >= 15 is 0 Å². The van der Waals surface area contributed by atoms with Crippen LogP contribution in [0.5, 0.6) is 0 Å². The van der Waals surface area contributed by atoms with Crippen LogP contribution in [-0.4, -0.2) is 87.5 Å². The van der Waals surface area contributed by atoms with Gasteiger partial charge < -0.3 is 40.3 Å². The molecule has 0 aromatic heterocycles. The lowest BCUT2D eigenvalue weighted by Gasteiger charge is -2.40. The fourth-order valence-electron chi connectivity index (χ4n) is 4.78. The average molecular weight is 624 g/mol. The van der Waals surface area contributed by atoms with Crippen LogP contribution in [0.2, 0.25) is 0 Å². The molecule has 0 bridgehead atoms.